The Labute approximate surface area is 89.5 Å². The van der Waals surface area contributed by atoms with E-state index >= 15 is 0 Å². The molecule has 0 saturated carbocycles. The van der Waals surface area contributed by atoms with Gasteiger partial charge in [-0.05, 0) is 25.2 Å². The highest BCUT2D eigenvalue weighted by Gasteiger charge is 2.28. The monoisotopic (exact) mass is 211 g/mol. The van der Waals surface area contributed by atoms with Crippen molar-refractivity contribution >= 4 is 5.91 Å². The fourth-order valence-electron chi connectivity index (χ4n) is 2.11. The SMILES string of the molecule is O=C1COCC(O)N1CC1CC=CCC1. The number of hydrogen-bond acceptors (Lipinski definition) is 3. The molecule has 2 rings (SSSR count). The lowest BCUT2D eigenvalue weighted by atomic mass is 9.94. The van der Waals surface area contributed by atoms with Gasteiger partial charge in [-0.2, -0.15) is 0 Å². The molecule has 15 heavy (non-hydrogen) atoms. The maximum absolute atomic E-state index is 11.5. The third kappa shape index (κ3) is 2.58. The molecule has 1 amide bonds. The summed E-state index contributed by atoms with van der Waals surface area (Å²) in [5.41, 5.74) is 0. The molecule has 2 unspecified atom stereocenters. The third-order valence-electron chi connectivity index (χ3n) is 3.01. The van der Waals surface area contributed by atoms with Crippen molar-refractivity contribution in [1.29, 1.82) is 0 Å². The minimum absolute atomic E-state index is 0.0942. The largest absolute Gasteiger partial charge is 0.371 e. The lowest BCUT2D eigenvalue weighted by Gasteiger charge is -2.35. The highest BCUT2D eigenvalue weighted by Crippen LogP contribution is 2.21. The minimum atomic E-state index is -0.753. The van der Waals surface area contributed by atoms with E-state index in [1.165, 1.54) is 0 Å². The summed E-state index contributed by atoms with van der Waals surface area (Å²) in [6.07, 6.45) is 6.78. The van der Waals surface area contributed by atoms with Crippen molar-refractivity contribution in [3.8, 4) is 0 Å². The smallest absolute Gasteiger partial charge is 0.250 e. The predicted octanol–water partition coefficient (Wildman–Crippen LogP) is 0.520. The minimum Gasteiger partial charge on any atom is -0.371 e. The van der Waals surface area contributed by atoms with E-state index in [2.05, 4.69) is 12.2 Å². The predicted molar refractivity (Wildman–Crippen MR) is 55.0 cm³/mol. The molecule has 1 heterocycles. The second kappa shape index (κ2) is 4.77. The van der Waals surface area contributed by atoms with Gasteiger partial charge in [-0.25, -0.2) is 0 Å². The van der Waals surface area contributed by atoms with Crippen molar-refractivity contribution in [3.05, 3.63) is 12.2 Å². The Balaban J connectivity index is 1.91. The van der Waals surface area contributed by atoms with Gasteiger partial charge in [-0.1, -0.05) is 12.2 Å². The first kappa shape index (κ1) is 10.6. The topological polar surface area (TPSA) is 49.8 Å². The highest BCUT2D eigenvalue weighted by atomic mass is 16.5. The van der Waals surface area contributed by atoms with Gasteiger partial charge in [-0.15, -0.1) is 0 Å². The van der Waals surface area contributed by atoms with Crippen LogP contribution in [-0.4, -0.2) is 41.9 Å². The van der Waals surface area contributed by atoms with Gasteiger partial charge in [-0.3, -0.25) is 4.79 Å². The first-order valence-electron chi connectivity index (χ1n) is 5.47. The number of carbonyl (C=O) groups excluding carboxylic acids is 1. The van der Waals surface area contributed by atoms with Gasteiger partial charge in [0.05, 0.1) is 6.61 Å². The van der Waals surface area contributed by atoms with E-state index in [1.807, 2.05) is 0 Å². The van der Waals surface area contributed by atoms with Crippen LogP contribution in [-0.2, 0) is 9.53 Å². The van der Waals surface area contributed by atoms with Crippen molar-refractivity contribution in [3.63, 3.8) is 0 Å². The van der Waals surface area contributed by atoms with E-state index in [1.54, 1.807) is 4.90 Å². The number of nitrogens with zero attached hydrogens (tertiary/aromatic N) is 1. The zero-order chi connectivity index (χ0) is 10.7. The summed E-state index contributed by atoms with van der Waals surface area (Å²) in [6.45, 7) is 1.02. The fraction of sp³-hybridized carbons (Fsp3) is 0.727. The Bertz CT molecular complexity index is 265. The van der Waals surface area contributed by atoms with Crippen molar-refractivity contribution < 1.29 is 14.6 Å². The van der Waals surface area contributed by atoms with Crippen LogP contribution in [0.5, 0.6) is 0 Å². The standard InChI is InChI=1S/C11H17NO3/c13-10-7-15-8-11(14)12(10)6-9-4-2-1-3-5-9/h1-2,9-10,13H,3-8H2. The Morgan fingerprint density at radius 3 is 3.07 bits per heavy atom. The Morgan fingerprint density at radius 2 is 2.40 bits per heavy atom. The number of allylic oxidation sites excluding steroid dienone is 2. The number of morpholine rings is 1. The van der Waals surface area contributed by atoms with Crippen LogP contribution in [0.4, 0.5) is 0 Å². The van der Waals surface area contributed by atoms with Gasteiger partial charge in [0, 0.05) is 6.54 Å². The van der Waals surface area contributed by atoms with E-state index in [4.69, 9.17) is 4.74 Å². The molecular weight excluding hydrogens is 194 g/mol. The van der Waals surface area contributed by atoms with Crippen molar-refractivity contribution in [2.24, 2.45) is 5.92 Å². The van der Waals surface area contributed by atoms with Gasteiger partial charge < -0.3 is 14.7 Å². The molecule has 1 saturated heterocycles. The molecule has 1 N–H and O–H groups in total. The lowest BCUT2D eigenvalue weighted by molar-refractivity contribution is -0.166. The van der Waals surface area contributed by atoms with Crippen LogP contribution in [0.25, 0.3) is 0 Å². The molecule has 1 aliphatic heterocycles. The first-order chi connectivity index (χ1) is 7.27. The van der Waals surface area contributed by atoms with Crippen LogP contribution in [0.3, 0.4) is 0 Å². The van der Waals surface area contributed by atoms with E-state index in [9.17, 15) is 9.90 Å². The number of aliphatic hydroxyl groups is 1. The molecule has 2 atom stereocenters. The molecule has 84 valence electrons. The van der Waals surface area contributed by atoms with E-state index < -0.39 is 6.23 Å². The average Bonchev–Trinajstić information content (AvgIpc) is 2.25. The number of rotatable bonds is 2. The molecule has 4 nitrogen and oxygen atoms in total. The van der Waals surface area contributed by atoms with Gasteiger partial charge in [0.1, 0.15) is 6.61 Å². The molecule has 0 aromatic carbocycles. The molecule has 0 radical (unpaired) electrons. The summed E-state index contributed by atoms with van der Waals surface area (Å²) in [5, 5.41) is 9.63. The summed E-state index contributed by atoms with van der Waals surface area (Å²) in [5.74, 6) is 0.398. The van der Waals surface area contributed by atoms with Gasteiger partial charge in [0.25, 0.3) is 5.91 Å². The zero-order valence-corrected chi connectivity index (χ0v) is 8.76. The number of aliphatic hydroxyl groups excluding tert-OH is 1. The van der Waals surface area contributed by atoms with Gasteiger partial charge in [0.2, 0.25) is 0 Å². The van der Waals surface area contributed by atoms with Gasteiger partial charge in [0.15, 0.2) is 6.23 Å². The number of ether oxygens (including phenoxy) is 1. The third-order valence-corrected chi connectivity index (χ3v) is 3.01. The van der Waals surface area contributed by atoms with Crippen molar-refractivity contribution in [2.45, 2.75) is 25.5 Å². The average molecular weight is 211 g/mol. The molecule has 1 aliphatic carbocycles. The normalized spacial score (nSPS) is 32.1. The first-order valence-corrected chi connectivity index (χ1v) is 5.47. The maximum Gasteiger partial charge on any atom is 0.250 e. The summed E-state index contributed by atoms with van der Waals surface area (Å²) < 4.78 is 4.96. The number of amides is 1. The van der Waals surface area contributed by atoms with Crippen LogP contribution in [0.15, 0.2) is 12.2 Å². The van der Waals surface area contributed by atoms with E-state index in [0.717, 1.165) is 19.3 Å². The van der Waals surface area contributed by atoms with E-state index in [0.29, 0.717) is 12.5 Å². The van der Waals surface area contributed by atoms with Crippen LogP contribution in [0, 0.1) is 5.92 Å². The Morgan fingerprint density at radius 1 is 1.53 bits per heavy atom. The fourth-order valence-corrected chi connectivity index (χ4v) is 2.11. The summed E-state index contributed by atoms with van der Waals surface area (Å²) in [4.78, 5) is 13.1. The maximum atomic E-state index is 11.5. The highest BCUT2D eigenvalue weighted by molar-refractivity contribution is 5.78. The molecular formula is C11H17NO3. The van der Waals surface area contributed by atoms with Crippen LogP contribution >= 0.6 is 0 Å². The summed E-state index contributed by atoms with van der Waals surface area (Å²) >= 11 is 0. The quantitative estimate of drug-likeness (QED) is 0.677. The zero-order valence-electron chi connectivity index (χ0n) is 8.76. The second-order valence-electron chi connectivity index (χ2n) is 4.19. The van der Waals surface area contributed by atoms with Crippen LogP contribution in [0.1, 0.15) is 19.3 Å². The second-order valence-corrected chi connectivity index (χ2v) is 4.19. The molecule has 0 aromatic rings. The molecule has 0 spiro atoms. The molecule has 0 bridgehead atoms. The summed E-state index contributed by atoms with van der Waals surface area (Å²) in [6, 6.07) is 0. The van der Waals surface area contributed by atoms with Crippen molar-refractivity contribution in [1.82, 2.24) is 4.90 Å². The molecule has 2 aliphatic rings. The molecule has 1 fully saturated rings. The number of carbonyl (C=O) groups is 1. The molecule has 0 aromatic heterocycles. The van der Waals surface area contributed by atoms with Gasteiger partial charge >= 0.3 is 0 Å². The molecule has 4 heteroatoms. The Kier molecular flexibility index (Phi) is 3.38. The lowest BCUT2D eigenvalue weighted by Crippen LogP contribution is -2.51. The van der Waals surface area contributed by atoms with Crippen LogP contribution < -0.4 is 0 Å². The van der Waals surface area contributed by atoms with Crippen molar-refractivity contribution in [2.75, 3.05) is 19.8 Å². The van der Waals surface area contributed by atoms with E-state index in [-0.39, 0.29) is 19.1 Å². The number of hydrogen-bond donors (Lipinski definition) is 1. The van der Waals surface area contributed by atoms with Crippen LogP contribution in [0.2, 0.25) is 0 Å². The Hall–Kier alpha value is -0.870. The summed E-state index contributed by atoms with van der Waals surface area (Å²) in [7, 11) is 0.